The number of hydrogen-bond donors (Lipinski definition) is 0. The minimum atomic E-state index is 0.652. The molecule has 0 saturated heterocycles. The summed E-state index contributed by atoms with van der Waals surface area (Å²) in [5.74, 6) is 5.68. The Morgan fingerprint density at radius 1 is 0.880 bits per heavy atom. The quantitative estimate of drug-likeness (QED) is 0.422. The summed E-state index contributed by atoms with van der Waals surface area (Å²) in [6.07, 6.45) is 18.0. The molecule has 0 N–H and O–H groups in total. The van der Waals surface area contributed by atoms with Gasteiger partial charge in [-0.25, -0.2) is 0 Å². The summed E-state index contributed by atoms with van der Waals surface area (Å²) in [4.78, 5) is 0. The third-order valence-electron chi connectivity index (χ3n) is 8.20. The Hall–Kier alpha value is 0. The molecule has 0 radical (unpaired) electrons. The van der Waals surface area contributed by atoms with Crippen molar-refractivity contribution in [2.24, 2.45) is 40.9 Å². The average Bonchev–Trinajstić information content (AvgIpc) is 2.83. The molecular weight excluding hydrogens is 300 g/mol. The highest BCUT2D eigenvalue weighted by atomic mass is 14.4. The molecular formula is C25H48. The van der Waals surface area contributed by atoms with Gasteiger partial charge in [-0.15, -0.1) is 0 Å². The van der Waals surface area contributed by atoms with Crippen molar-refractivity contribution in [2.45, 2.75) is 119 Å². The molecule has 0 aromatic heterocycles. The lowest BCUT2D eigenvalue weighted by Gasteiger charge is -2.40. The lowest BCUT2D eigenvalue weighted by atomic mass is 9.65. The largest absolute Gasteiger partial charge is 0.0628 e. The molecule has 2 saturated carbocycles. The van der Waals surface area contributed by atoms with Gasteiger partial charge in [0.2, 0.25) is 0 Å². The maximum atomic E-state index is 2.57. The molecule has 2 fully saturated rings. The van der Waals surface area contributed by atoms with Gasteiger partial charge in [0.1, 0.15) is 0 Å². The van der Waals surface area contributed by atoms with Gasteiger partial charge in [-0.2, -0.15) is 0 Å². The highest BCUT2D eigenvalue weighted by Crippen LogP contribution is 2.48. The molecule has 0 amide bonds. The molecule has 0 aliphatic heterocycles. The summed E-state index contributed by atoms with van der Waals surface area (Å²) < 4.78 is 0. The summed E-state index contributed by atoms with van der Waals surface area (Å²) in [7, 11) is 0. The summed E-state index contributed by atoms with van der Waals surface area (Å²) in [6, 6.07) is 0. The third kappa shape index (κ3) is 6.28. The van der Waals surface area contributed by atoms with Crippen LogP contribution in [0.15, 0.2) is 0 Å². The Kier molecular flexibility index (Phi) is 8.35. The molecule has 5 unspecified atom stereocenters. The van der Waals surface area contributed by atoms with Gasteiger partial charge in [0.05, 0.1) is 0 Å². The second-order valence-corrected chi connectivity index (χ2v) is 11.0. The number of rotatable bonds is 6. The fourth-order valence-corrected chi connectivity index (χ4v) is 6.33. The topological polar surface area (TPSA) is 0 Å². The van der Waals surface area contributed by atoms with E-state index < -0.39 is 0 Å². The molecule has 0 aromatic carbocycles. The standard InChI is InChI=1S/C25H48/c1-19(2)17-23-11-10-22(6)24(13-12-23)14-16-25(20(3)4)15-8-7-9-21(5)18-25/h19-24H,7-18H2,1-6H3. The highest BCUT2D eigenvalue weighted by Gasteiger charge is 2.37. The summed E-state index contributed by atoms with van der Waals surface area (Å²) >= 11 is 0. The first kappa shape index (κ1) is 21.3. The zero-order chi connectivity index (χ0) is 18.4. The first-order chi connectivity index (χ1) is 11.8. The first-order valence-electron chi connectivity index (χ1n) is 11.8. The van der Waals surface area contributed by atoms with Crippen LogP contribution in [-0.2, 0) is 0 Å². The lowest BCUT2D eigenvalue weighted by Crippen LogP contribution is -2.30. The Balaban J connectivity index is 1.94. The Morgan fingerprint density at radius 2 is 1.60 bits per heavy atom. The molecule has 2 rings (SSSR count). The first-order valence-corrected chi connectivity index (χ1v) is 11.8. The summed E-state index contributed by atoms with van der Waals surface area (Å²) in [5, 5.41) is 0. The van der Waals surface area contributed by atoms with Crippen LogP contribution in [0, 0.1) is 40.9 Å². The molecule has 148 valence electrons. The van der Waals surface area contributed by atoms with Gasteiger partial charge in [-0.3, -0.25) is 0 Å². The van der Waals surface area contributed by atoms with Crippen LogP contribution >= 0.6 is 0 Å². The molecule has 0 spiro atoms. The van der Waals surface area contributed by atoms with Gasteiger partial charge in [0.15, 0.2) is 0 Å². The smallest absolute Gasteiger partial charge is 0.0272 e. The van der Waals surface area contributed by atoms with Crippen molar-refractivity contribution in [3.63, 3.8) is 0 Å². The molecule has 5 atom stereocenters. The van der Waals surface area contributed by atoms with E-state index in [0.717, 1.165) is 35.5 Å². The van der Waals surface area contributed by atoms with E-state index in [1.807, 2.05) is 0 Å². The molecule has 25 heavy (non-hydrogen) atoms. The van der Waals surface area contributed by atoms with Crippen LogP contribution in [0.5, 0.6) is 0 Å². The van der Waals surface area contributed by atoms with Crippen molar-refractivity contribution in [1.82, 2.24) is 0 Å². The summed E-state index contributed by atoms with van der Waals surface area (Å²) in [6.45, 7) is 14.9. The van der Waals surface area contributed by atoms with E-state index >= 15 is 0 Å². The van der Waals surface area contributed by atoms with Crippen LogP contribution in [0.2, 0.25) is 0 Å². The maximum Gasteiger partial charge on any atom is -0.0272 e. The van der Waals surface area contributed by atoms with Crippen LogP contribution in [0.1, 0.15) is 119 Å². The zero-order valence-corrected chi connectivity index (χ0v) is 18.4. The highest BCUT2D eigenvalue weighted by molar-refractivity contribution is 4.88. The maximum absolute atomic E-state index is 2.57. The molecule has 2 aliphatic rings. The van der Waals surface area contributed by atoms with Gasteiger partial charge < -0.3 is 0 Å². The van der Waals surface area contributed by atoms with Gasteiger partial charge >= 0.3 is 0 Å². The van der Waals surface area contributed by atoms with Gasteiger partial charge in [0, 0.05) is 0 Å². The van der Waals surface area contributed by atoms with Crippen molar-refractivity contribution < 1.29 is 0 Å². The van der Waals surface area contributed by atoms with Gasteiger partial charge in [-0.05, 0) is 79.4 Å². The fraction of sp³-hybridized carbons (Fsp3) is 1.00. The fourth-order valence-electron chi connectivity index (χ4n) is 6.33. The van der Waals surface area contributed by atoms with E-state index in [1.54, 1.807) is 0 Å². The van der Waals surface area contributed by atoms with Crippen molar-refractivity contribution in [2.75, 3.05) is 0 Å². The predicted octanol–water partition coefficient (Wildman–Crippen LogP) is 8.50. The molecule has 2 aliphatic carbocycles. The van der Waals surface area contributed by atoms with Crippen LogP contribution in [0.3, 0.4) is 0 Å². The van der Waals surface area contributed by atoms with Crippen molar-refractivity contribution in [3.05, 3.63) is 0 Å². The van der Waals surface area contributed by atoms with Crippen LogP contribution < -0.4 is 0 Å². The minimum absolute atomic E-state index is 0.652. The van der Waals surface area contributed by atoms with Crippen LogP contribution in [-0.4, -0.2) is 0 Å². The van der Waals surface area contributed by atoms with E-state index in [0.29, 0.717) is 5.41 Å². The normalized spacial score (nSPS) is 37.9. The van der Waals surface area contributed by atoms with Crippen molar-refractivity contribution in [1.29, 1.82) is 0 Å². The van der Waals surface area contributed by atoms with E-state index in [1.165, 1.54) is 77.0 Å². The van der Waals surface area contributed by atoms with E-state index in [9.17, 15) is 0 Å². The molecule has 0 nitrogen and oxygen atoms in total. The molecule has 0 bridgehead atoms. The Labute approximate surface area is 159 Å². The average molecular weight is 349 g/mol. The Morgan fingerprint density at radius 3 is 2.28 bits per heavy atom. The molecule has 0 heterocycles. The lowest BCUT2D eigenvalue weighted by molar-refractivity contribution is 0.105. The third-order valence-corrected chi connectivity index (χ3v) is 8.20. The molecule has 0 heteroatoms. The predicted molar refractivity (Wildman–Crippen MR) is 113 cm³/mol. The SMILES string of the molecule is CC(C)CC1CCC(C)C(CCC2(C(C)C)CCCCC(C)C2)CC1. The molecule has 0 aromatic rings. The second-order valence-electron chi connectivity index (χ2n) is 11.0. The van der Waals surface area contributed by atoms with Gasteiger partial charge in [-0.1, -0.05) is 80.1 Å². The van der Waals surface area contributed by atoms with E-state index in [-0.39, 0.29) is 0 Å². The van der Waals surface area contributed by atoms with Crippen LogP contribution in [0.25, 0.3) is 0 Å². The van der Waals surface area contributed by atoms with Crippen LogP contribution in [0.4, 0.5) is 0 Å². The summed E-state index contributed by atoms with van der Waals surface area (Å²) in [5.41, 5.74) is 0.652. The van der Waals surface area contributed by atoms with Gasteiger partial charge in [0.25, 0.3) is 0 Å². The van der Waals surface area contributed by atoms with Crippen molar-refractivity contribution in [3.8, 4) is 0 Å². The van der Waals surface area contributed by atoms with Crippen molar-refractivity contribution >= 4 is 0 Å². The minimum Gasteiger partial charge on any atom is -0.0628 e. The monoisotopic (exact) mass is 348 g/mol. The van der Waals surface area contributed by atoms with E-state index in [4.69, 9.17) is 0 Å². The van der Waals surface area contributed by atoms with E-state index in [2.05, 4.69) is 41.5 Å². The number of hydrogen-bond acceptors (Lipinski definition) is 0. The second kappa shape index (κ2) is 9.80. The zero-order valence-electron chi connectivity index (χ0n) is 18.4. The Bertz CT molecular complexity index is 368.